The van der Waals surface area contributed by atoms with Gasteiger partial charge in [0, 0.05) is 36.5 Å². The molecule has 46 heavy (non-hydrogen) atoms. The van der Waals surface area contributed by atoms with Crippen molar-refractivity contribution in [1.82, 2.24) is 5.32 Å². The van der Waals surface area contributed by atoms with E-state index in [1.54, 1.807) is 0 Å². The van der Waals surface area contributed by atoms with Crippen LogP contribution in [0.4, 0.5) is 0 Å². The average molecular weight is 618 g/mol. The summed E-state index contributed by atoms with van der Waals surface area (Å²) in [6.45, 7) is 5.19. The Kier molecular flexibility index (Phi) is 10.7. The maximum atomic E-state index is 14.4. The summed E-state index contributed by atoms with van der Waals surface area (Å²) in [5.74, 6) is 1.00. The highest BCUT2D eigenvalue weighted by molar-refractivity contribution is 6.01. The van der Waals surface area contributed by atoms with E-state index < -0.39 is 11.6 Å². The first-order valence-corrected chi connectivity index (χ1v) is 15.6. The van der Waals surface area contributed by atoms with Gasteiger partial charge in [-0.2, -0.15) is 0 Å². The number of benzene rings is 4. The lowest BCUT2D eigenvalue weighted by atomic mass is 9.80. The van der Waals surface area contributed by atoms with E-state index in [9.17, 15) is 4.79 Å². The van der Waals surface area contributed by atoms with Crippen LogP contribution in [0.15, 0.2) is 113 Å². The van der Waals surface area contributed by atoms with Gasteiger partial charge >= 0.3 is 0 Å². The number of aliphatic imine (C=N–C) groups is 1. The molecule has 5 rings (SSSR count). The highest BCUT2D eigenvalue weighted by Crippen LogP contribution is 2.43. The number of aliphatic hydroxyl groups excluding tert-OH is 1. The summed E-state index contributed by atoms with van der Waals surface area (Å²) in [5, 5.41) is 16.0. The van der Waals surface area contributed by atoms with Gasteiger partial charge < -0.3 is 19.9 Å². The summed E-state index contributed by atoms with van der Waals surface area (Å²) < 4.78 is 12.4. The number of nitrogens with one attached hydrogen (secondary N) is 1. The number of amides is 1. The number of nitrogens with zero attached hydrogens (tertiary/aromatic N) is 4. The van der Waals surface area contributed by atoms with Crippen molar-refractivity contribution < 1.29 is 19.4 Å². The summed E-state index contributed by atoms with van der Waals surface area (Å²) >= 11 is 0. The number of ether oxygens (including phenoxy) is 2. The molecule has 236 valence electrons. The molecule has 4 aromatic carbocycles. The van der Waals surface area contributed by atoms with Crippen LogP contribution < -0.4 is 10.1 Å². The Hall–Kier alpha value is -5.11. The minimum atomic E-state index is -1.36. The zero-order valence-corrected chi connectivity index (χ0v) is 26.2. The molecule has 1 amide bonds. The number of hydrogen-bond donors (Lipinski definition) is 2. The van der Waals surface area contributed by atoms with E-state index in [4.69, 9.17) is 25.1 Å². The second kappa shape index (κ2) is 15.3. The summed E-state index contributed by atoms with van der Waals surface area (Å²) in [5.41, 5.74) is 13.0. The van der Waals surface area contributed by atoms with Crippen molar-refractivity contribution >= 4 is 11.8 Å². The molecule has 0 saturated carbocycles. The van der Waals surface area contributed by atoms with Gasteiger partial charge in [0.2, 0.25) is 5.90 Å². The monoisotopic (exact) mass is 617 g/mol. The number of carbonyl (C=O) groups excluding carboxylic acids is 1. The second-order valence-electron chi connectivity index (χ2n) is 11.7. The fraction of sp³-hybridized carbons (Fsp3) is 0.297. The van der Waals surface area contributed by atoms with Gasteiger partial charge in [0.15, 0.2) is 11.6 Å². The third-order valence-corrected chi connectivity index (χ3v) is 7.90. The van der Waals surface area contributed by atoms with Gasteiger partial charge in [-0.05, 0) is 63.5 Å². The van der Waals surface area contributed by atoms with E-state index in [-0.39, 0.29) is 31.4 Å². The quantitative estimate of drug-likeness (QED) is 0.0671. The number of carbonyl (C=O) groups is 1. The molecule has 0 fully saturated rings. The lowest BCUT2D eigenvalue weighted by molar-refractivity contribution is -0.129. The standard InChI is InChI=1S/C37H39N5O4/c1-26(2)24-39-36(44)37(23-31-11-6-7-12-32(31)25-40-42-38)34(29-15-13-28(14-16-29)27-9-4-3-5-10-27)46-35(41-37)30-17-19-33(20-18-30)45-22-8-21-43/h3-7,9-20,26,34,43H,8,21-25H2,1-2H3,(H,39,44)/t34-,37-/m1/s1. The molecule has 1 heterocycles. The van der Waals surface area contributed by atoms with Crippen LogP contribution in [0.1, 0.15) is 48.6 Å². The van der Waals surface area contributed by atoms with Crippen molar-refractivity contribution in [2.75, 3.05) is 19.8 Å². The molecule has 2 N–H and O–H groups in total. The Balaban J connectivity index is 1.60. The van der Waals surface area contributed by atoms with Crippen molar-refractivity contribution in [3.63, 3.8) is 0 Å². The zero-order valence-electron chi connectivity index (χ0n) is 26.2. The topological polar surface area (TPSA) is 129 Å². The molecule has 0 radical (unpaired) electrons. The fourth-order valence-electron chi connectivity index (χ4n) is 5.50. The van der Waals surface area contributed by atoms with Crippen LogP contribution in [-0.2, 0) is 22.5 Å². The van der Waals surface area contributed by atoms with Crippen molar-refractivity contribution in [2.24, 2.45) is 16.0 Å². The maximum Gasteiger partial charge on any atom is 0.252 e. The number of rotatable bonds is 14. The number of azide groups is 1. The predicted octanol–water partition coefficient (Wildman–Crippen LogP) is 7.20. The van der Waals surface area contributed by atoms with Crippen LogP contribution in [0.2, 0.25) is 0 Å². The summed E-state index contributed by atoms with van der Waals surface area (Å²) in [4.78, 5) is 22.5. The minimum absolute atomic E-state index is 0.0589. The van der Waals surface area contributed by atoms with Crippen LogP contribution in [0.25, 0.3) is 21.6 Å². The van der Waals surface area contributed by atoms with Gasteiger partial charge in [-0.3, -0.25) is 4.79 Å². The molecular weight excluding hydrogens is 578 g/mol. The third kappa shape index (κ3) is 7.57. The molecule has 0 unspecified atom stereocenters. The van der Waals surface area contributed by atoms with Gasteiger partial charge in [-0.25, -0.2) is 4.99 Å². The van der Waals surface area contributed by atoms with E-state index in [1.807, 2.05) is 105 Å². The Bertz CT molecular complexity index is 1680. The molecule has 0 aliphatic carbocycles. The van der Waals surface area contributed by atoms with E-state index in [0.29, 0.717) is 36.8 Å². The van der Waals surface area contributed by atoms with Gasteiger partial charge in [0.1, 0.15) is 5.75 Å². The fourth-order valence-corrected chi connectivity index (χ4v) is 5.50. The van der Waals surface area contributed by atoms with Crippen LogP contribution in [0, 0.1) is 5.92 Å². The van der Waals surface area contributed by atoms with Crippen molar-refractivity contribution in [3.8, 4) is 16.9 Å². The first kappa shape index (κ1) is 32.3. The lowest BCUT2D eigenvalue weighted by Crippen LogP contribution is -2.50. The van der Waals surface area contributed by atoms with Crippen LogP contribution in [-0.4, -0.2) is 42.2 Å². The zero-order chi connectivity index (χ0) is 32.4. The molecule has 2 atom stereocenters. The molecule has 1 aliphatic rings. The van der Waals surface area contributed by atoms with Crippen LogP contribution in [0.3, 0.4) is 0 Å². The average Bonchev–Trinajstić information content (AvgIpc) is 3.48. The summed E-state index contributed by atoms with van der Waals surface area (Å²) in [7, 11) is 0. The molecule has 9 heteroatoms. The molecule has 0 bridgehead atoms. The van der Waals surface area contributed by atoms with Crippen molar-refractivity contribution in [1.29, 1.82) is 0 Å². The normalized spacial score (nSPS) is 17.1. The molecule has 0 aromatic heterocycles. The largest absolute Gasteiger partial charge is 0.494 e. The summed E-state index contributed by atoms with van der Waals surface area (Å²) in [6, 6.07) is 33.2. The second-order valence-corrected chi connectivity index (χ2v) is 11.7. The molecule has 1 aliphatic heterocycles. The Morgan fingerprint density at radius 3 is 2.28 bits per heavy atom. The number of hydrogen-bond acceptors (Lipinski definition) is 6. The molecule has 9 nitrogen and oxygen atoms in total. The molecule has 0 saturated heterocycles. The van der Waals surface area contributed by atoms with E-state index in [1.165, 1.54) is 0 Å². The molecular formula is C37H39N5O4. The maximum absolute atomic E-state index is 14.4. The first-order valence-electron chi connectivity index (χ1n) is 15.6. The van der Waals surface area contributed by atoms with E-state index in [2.05, 4.69) is 27.5 Å². The lowest BCUT2D eigenvalue weighted by Gasteiger charge is -2.31. The van der Waals surface area contributed by atoms with Gasteiger partial charge in [-0.15, -0.1) is 0 Å². The van der Waals surface area contributed by atoms with E-state index in [0.717, 1.165) is 27.8 Å². The number of aliphatic hydroxyl groups is 1. The first-order chi connectivity index (χ1) is 22.4. The molecule has 0 spiro atoms. The van der Waals surface area contributed by atoms with Gasteiger partial charge in [-0.1, -0.05) is 97.8 Å². The Morgan fingerprint density at radius 2 is 1.61 bits per heavy atom. The van der Waals surface area contributed by atoms with Crippen molar-refractivity contribution in [2.45, 2.75) is 44.9 Å². The predicted molar refractivity (Wildman–Crippen MR) is 179 cm³/mol. The smallest absolute Gasteiger partial charge is 0.252 e. The Morgan fingerprint density at radius 1 is 0.957 bits per heavy atom. The van der Waals surface area contributed by atoms with Crippen molar-refractivity contribution in [3.05, 3.63) is 136 Å². The van der Waals surface area contributed by atoms with Gasteiger partial charge in [0.25, 0.3) is 5.91 Å². The van der Waals surface area contributed by atoms with Crippen LogP contribution >= 0.6 is 0 Å². The third-order valence-electron chi connectivity index (χ3n) is 7.90. The van der Waals surface area contributed by atoms with Crippen LogP contribution in [0.5, 0.6) is 5.75 Å². The molecule has 4 aromatic rings. The van der Waals surface area contributed by atoms with E-state index >= 15 is 0 Å². The SMILES string of the molecule is CC(C)CNC(=O)[C@]1(Cc2ccccc2CN=[N+]=[N-])N=C(c2ccc(OCCCO)cc2)O[C@@H]1c1ccc(-c2ccccc2)cc1. The highest BCUT2D eigenvalue weighted by Gasteiger charge is 2.53. The van der Waals surface area contributed by atoms with Gasteiger partial charge in [0.05, 0.1) is 13.2 Å². The highest BCUT2D eigenvalue weighted by atomic mass is 16.5. The summed E-state index contributed by atoms with van der Waals surface area (Å²) in [6.07, 6.45) is 0.0233. The minimum Gasteiger partial charge on any atom is -0.494 e. The Labute approximate surface area is 269 Å².